The predicted molar refractivity (Wildman–Crippen MR) is 35.5 cm³/mol. The molecule has 0 N–H and O–H groups in total. The Morgan fingerprint density at radius 2 is 1.31 bits per heavy atom. The molecule has 0 aliphatic heterocycles. The van der Waals surface area contributed by atoms with E-state index in [2.05, 4.69) is 0 Å². The van der Waals surface area contributed by atoms with Crippen LogP contribution in [0.5, 0.6) is 0 Å². The maximum atomic E-state index is 10.6. The minimum Gasteiger partial charge on any atom is -0.549 e. The van der Waals surface area contributed by atoms with E-state index in [4.69, 9.17) is 0 Å². The molecule has 0 amide bonds. The van der Waals surface area contributed by atoms with Crippen LogP contribution >= 0.6 is 0 Å². The first-order valence-corrected chi connectivity index (χ1v) is 4.02. The standard InChI is InChI=1S/C8H12O4.Ag/c9-6(10)8(7(11)12)4-2-1-3-5-8;/h1-5H2,(H,9,10)(H,11,12);/q;+2/p-2. The number of carboxylic acid groups (broad SMARTS) is 2. The van der Waals surface area contributed by atoms with Crippen molar-refractivity contribution in [1.29, 1.82) is 0 Å². The molecule has 0 aromatic heterocycles. The van der Waals surface area contributed by atoms with Crippen molar-refractivity contribution in [2.75, 3.05) is 0 Å². The Bertz CT molecular complexity index is 192. The summed E-state index contributed by atoms with van der Waals surface area (Å²) < 4.78 is 0. The summed E-state index contributed by atoms with van der Waals surface area (Å²) >= 11 is 0. The Morgan fingerprint density at radius 1 is 0.923 bits per heavy atom. The molecular formula is C8H10AgO4. The van der Waals surface area contributed by atoms with Gasteiger partial charge in [0.1, 0.15) is 0 Å². The van der Waals surface area contributed by atoms with Gasteiger partial charge in [0.2, 0.25) is 0 Å². The zero-order chi connectivity index (χ0) is 9.19. The molecular weight excluding hydrogens is 268 g/mol. The zero-order valence-electron chi connectivity index (χ0n) is 6.97. The number of rotatable bonds is 2. The summed E-state index contributed by atoms with van der Waals surface area (Å²) in [6.07, 6.45) is 2.45. The van der Waals surface area contributed by atoms with Crippen molar-refractivity contribution in [2.24, 2.45) is 5.41 Å². The Labute approximate surface area is 91.8 Å². The van der Waals surface area contributed by atoms with E-state index < -0.39 is 17.4 Å². The van der Waals surface area contributed by atoms with Gasteiger partial charge >= 0.3 is 22.4 Å². The van der Waals surface area contributed by atoms with E-state index >= 15 is 0 Å². The first-order valence-electron chi connectivity index (χ1n) is 4.02. The van der Waals surface area contributed by atoms with Crippen molar-refractivity contribution in [3.8, 4) is 0 Å². The van der Waals surface area contributed by atoms with E-state index in [9.17, 15) is 19.8 Å². The number of hydrogen-bond donors (Lipinski definition) is 0. The summed E-state index contributed by atoms with van der Waals surface area (Å²) in [5.41, 5.74) is -1.71. The molecule has 0 saturated heterocycles. The molecule has 1 rings (SSSR count). The smallest absolute Gasteiger partial charge is 0.549 e. The van der Waals surface area contributed by atoms with Crippen LogP contribution in [0.1, 0.15) is 32.1 Å². The Kier molecular flexibility index (Phi) is 4.67. The maximum absolute atomic E-state index is 10.6. The van der Waals surface area contributed by atoms with Gasteiger partial charge in [0, 0.05) is 5.41 Å². The van der Waals surface area contributed by atoms with E-state index in [0.717, 1.165) is 6.42 Å². The Hall–Kier alpha value is -0.320. The number of hydrogen-bond acceptors (Lipinski definition) is 4. The fraction of sp³-hybridized carbons (Fsp3) is 0.750. The van der Waals surface area contributed by atoms with Gasteiger partial charge in [-0.05, 0) is 12.8 Å². The van der Waals surface area contributed by atoms with E-state index in [1.165, 1.54) is 0 Å². The maximum Gasteiger partial charge on any atom is 2.00 e. The summed E-state index contributed by atoms with van der Waals surface area (Å²) in [6, 6.07) is 0. The van der Waals surface area contributed by atoms with E-state index in [0.29, 0.717) is 12.8 Å². The monoisotopic (exact) mass is 277 g/mol. The van der Waals surface area contributed by atoms with Gasteiger partial charge in [-0.3, -0.25) is 0 Å². The topological polar surface area (TPSA) is 80.3 Å². The average Bonchev–Trinajstić information content (AvgIpc) is 2.05. The molecule has 0 heterocycles. The van der Waals surface area contributed by atoms with Gasteiger partial charge in [-0.2, -0.15) is 0 Å². The van der Waals surface area contributed by atoms with E-state index in [-0.39, 0.29) is 35.2 Å². The van der Waals surface area contributed by atoms with Gasteiger partial charge < -0.3 is 19.8 Å². The second-order valence-corrected chi connectivity index (χ2v) is 3.22. The van der Waals surface area contributed by atoms with Crippen molar-refractivity contribution < 1.29 is 42.2 Å². The summed E-state index contributed by atoms with van der Waals surface area (Å²) in [5, 5.41) is 21.2. The normalized spacial score (nSPS) is 20.0. The third-order valence-electron chi connectivity index (χ3n) is 2.49. The molecule has 0 atom stereocenters. The first-order chi connectivity index (χ1) is 5.59. The molecule has 77 valence electrons. The summed E-state index contributed by atoms with van der Waals surface area (Å²) in [7, 11) is 0. The number of carboxylic acids is 2. The fourth-order valence-electron chi connectivity index (χ4n) is 1.65. The Balaban J connectivity index is 0.00000144. The first kappa shape index (κ1) is 12.7. The molecule has 13 heavy (non-hydrogen) atoms. The van der Waals surface area contributed by atoms with Gasteiger partial charge in [0.15, 0.2) is 0 Å². The molecule has 0 unspecified atom stereocenters. The molecule has 1 aliphatic carbocycles. The van der Waals surface area contributed by atoms with Crippen molar-refractivity contribution in [3.05, 3.63) is 0 Å². The summed E-state index contributed by atoms with van der Waals surface area (Å²) in [5.74, 6) is -3.00. The van der Waals surface area contributed by atoms with Crippen LogP contribution in [-0.2, 0) is 32.0 Å². The third-order valence-corrected chi connectivity index (χ3v) is 2.49. The van der Waals surface area contributed by atoms with Crippen LogP contribution in [0, 0.1) is 5.41 Å². The van der Waals surface area contributed by atoms with Crippen LogP contribution in [0.15, 0.2) is 0 Å². The molecule has 1 saturated carbocycles. The van der Waals surface area contributed by atoms with Gasteiger partial charge in [-0.25, -0.2) is 0 Å². The van der Waals surface area contributed by atoms with Gasteiger partial charge in [0.25, 0.3) is 0 Å². The van der Waals surface area contributed by atoms with Gasteiger partial charge in [0.05, 0.1) is 11.9 Å². The molecule has 0 aromatic carbocycles. The van der Waals surface area contributed by atoms with Gasteiger partial charge in [-0.15, -0.1) is 0 Å². The molecule has 0 spiro atoms. The minimum atomic E-state index is -1.71. The quantitative estimate of drug-likeness (QED) is 0.451. The van der Waals surface area contributed by atoms with Crippen LogP contribution in [-0.4, -0.2) is 11.9 Å². The molecule has 0 aromatic rings. The molecule has 4 nitrogen and oxygen atoms in total. The van der Waals surface area contributed by atoms with Crippen LogP contribution in [0.3, 0.4) is 0 Å². The van der Waals surface area contributed by atoms with Crippen molar-refractivity contribution in [1.82, 2.24) is 0 Å². The summed E-state index contributed by atoms with van der Waals surface area (Å²) in [4.78, 5) is 21.2. The minimum absolute atomic E-state index is 0. The number of carbonyl (C=O) groups is 2. The van der Waals surface area contributed by atoms with Crippen molar-refractivity contribution >= 4 is 11.9 Å². The molecule has 1 fully saturated rings. The van der Waals surface area contributed by atoms with E-state index in [1.54, 1.807) is 0 Å². The van der Waals surface area contributed by atoms with Crippen LogP contribution in [0.2, 0.25) is 0 Å². The van der Waals surface area contributed by atoms with Crippen LogP contribution < -0.4 is 10.2 Å². The SMILES string of the molecule is O=C([O-])C1(C(=O)[O-])CCCCC1.[Ag+2]. The largest absolute Gasteiger partial charge is 2.00 e. The van der Waals surface area contributed by atoms with E-state index in [1.807, 2.05) is 0 Å². The molecule has 1 radical (unpaired) electrons. The molecule has 0 bridgehead atoms. The zero-order valence-corrected chi connectivity index (χ0v) is 8.45. The van der Waals surface area contributed by atoms with Gasteiger partial charge in [-0.1, -0.05) is 19.3 Å². The molecule has 5 heteroatoms. The average molecular weight is 278 g/mol. The third kappa shape index (κ3) is 2.33. The molecule has 1 aliphatic rings. The Morgan fingerprint density at radius 3 is 1.54 bits per heavy atom. The van der Waals surface area contributed by atoms with Crippen molar-refractivity contribution in [2.45, 2.75) is 32.1 Å². The number of carbonyl (C=O) groups excluding carboxylic acids is 2. The van der Waals surface area contributed by atoms with Crippen molar-refractivity contribution in [3.63, 3.8) is 0 Å². The predicted octanol–water partition coefficient (Wildman–Crippen LogP) is -1.57. The van der Waals surface area contributed by atoms with Crippen LogP contribution in [0.4, 0.5) is 0 Å². The second-order valence-electron chi connectivity index (χ2n) is 3.22. The summed E-state index contributed by atoms with van der Waals surface area (Å²) in [6.45, 7) is 0. The van der Waals surface area contributed by atoms with Crippen LogP contribution in [0.25, 0.3) is 0 Å². The fourth-order valence-corrected chi connectivity index (χ4v) is 1.65. The number of aliphatic carboxylic acids is 2. The second kappa shape index (κ2) is 4.79.